The number of carbonyl (C=O) groups is 1. The van der Waals surface area contributed by atoms with Gasteiger partial charge in [0, 0.05) is 13.0 Å². The largest absolute Gasteiger partial charge is 0.477 e. The van der Waals surface area contributed by atoms with Crippen molar-refractivity contribution in [3.63, 3.8) is 0 Å². The van der Waals surface area contributed by atoms with Crippen LogP contribution in [0.5, 0.6) is 0 Å². The van der Waals surface area contributed by atoms with E-state index in [2.05, 4.69) is 24.1 Å². The lowest BCUT2D eigenvalue weighted by atomic mass is 10.0. The first kappa shape index (κ1) is 31.6. The van der Waals surface area contributed by atoms with Crippen molar-refractivity contribution in [2.24, 2.45) is 10.7 Å². The van der Waals surface area contributed by atoms with Crippen molar-refractivity contribution in [3.05, 3.63) is 24.6 Å². The number of rotatable bonds is 25. The summed E-state index contributed by atoms with van der Waals surface area (Å²) in [5, 5.41) is 9.28. The summed E-state index contributed by atoms with van der Waals surface area (Å²) in [5.41, 5.74) is 5.74. The number of aliphatic imine (C=N–C) groups is 1. The van der Waals surface area contributed by atoms with Gasteiger partial charge in [0.15, 0.2) is 6.54 Å². The third kappa shape index (κ3) is 16.0. The summed E-state index contributed by atoms with van der Waals surface area (Å²) >= 11 is 0. The van der Waals surface area contributed by atoms with Crippen LogP contribution in [0.25, 0.3) is 0 Å². The van der Waals surface area contributed by atoms with Gasteiger partial charge in [-0.1, -0.05) is 109 Å². The molecule has 0 spiro atoms. The normalized spacial score (nSPS) is 17.5. The molecule has 35 heavy (non-hydrogen) atoms. The minimum absolute atomic E-state index is 0.0398. The van der Waals surface area contributed by atoms with Crippen molar-refractivity contribution >= 4 is 11.8 Å². The molecule has 202 valence electrons. The van der Waals surface area contributed by atoms with Crippen molar-refractivity contribution in [1.29, 1.82) is 0 Å². The highest BCUT2D eigenvalue weighted by Gasteiger charge is 2.36. The molecule has 0 aromatic rings. The Morgan fingerprint density at radius 3 is 1.80 bits per heavy atom. The van der Waals surface area contributed by atoms with E-state index in [9.17, 15) is 9.90 Å². The van der Waals surface area contributed by atoms with Gasteiger partial charge in [0.05, 0.1) is 6.20 Å². The van der Waals surface area contributed by atoms with Crippen LogP contribution < -0.4 is 5.73 Å². The van der Waals surface area contributed by atoms with Gasteiger partial charge in [-0.05, 0) is 32.1 Å². The van der Waals surface area contributed by atoms with Crippen LogP contribution in [0, 0.1) is 0 Å². The maximum absolute atomic E-state index is 11.3. The summed E-state index contributed by atoms with van der Waals surface area (Å²) in [6.07, 6.45) is 34.7. The zero-order valence-electron chi connectivity index (χ0n) is 22.9. The Labute approximate surface area is 216 Å². The van der Waals surface area contributed by atoms with Crippen molar-refractivity contribution in [2.45, 2.75) is 135 Å². The number of carboxylic acid groups (broad SMARTS) is 1. The van der Waals surface area contributed by atoms with Crippen LogP contribution in [0.2, 0.25) is 0 Å². The van der Waals surface area contributed by atoms with Crippen LogP contribution in [0.3, 0.4) is 0 Å². The van der Waals surface area contributed by atoms with Gasteiger partial charge in [-0.25, -0.2) is 14.3 Å². The molecule has 1 aliphatic rings. The molecule has 1 unspecified atom stereocenters. The summed E-state index contributed by atoms with van der Waals surface area (Å²) in [6.45, 7) is 3.39. The number of unbranched alkanes of at least 4 members (excludes halogenated alkanes) is 17. The molecule has 0 aromatic heterocycles. The van der Waals surface area contributed by atoms with Crippen molar-refractivity contribution in [1.82, 2.24) is 0 Å². The second kappa shape index (κ2) is 21.8. The summed E-state index contributed by atoms with van der Waals surface area (Å²) in [5.74, 6) is 0.156. The maximum atomic E-state index is 11.3. The Hall–Kier alpha value is -1.46. The van der Waals surface area contributed by atoms with Gasteiger partial charge in [-0.3, -0.25) is 0 Å². The molecule has 0 aliphatic carbocycles. The number of nitrogens with two attached hydrogens (primary N) is 1. The van der Waals surface area contributed by atoms with E-state index in [0.29, 0.717) is 17.6 Å². The molecule has 1 atom stereocenters. The third-order valence-electron chi connectivity index (χ3n) is 7.20. The highest BCUT2D eigenvalue weighted by molar-refractivity contribution is 5.81. The van der Waals surface area contributed by atoms with Crippen molar-refractivity contribution in [2.75, 3.05) is 19.6 Å². The number of aliphatic carboxylic acids is 1. The van der Waals surface area contributed by atoms with Gasteiger partial charge in [0.25, 0.3) is 0 Å². The Morgan fingerprint density at radius 2 is 1.31 bits per heavy atom. The quantitative estimate of drug-likeness (QED) is 0.0771. The highest BCUT2D eigenvalue weighted by atomic mass is 16.4. The standard InChI is InChI=1S/C30H55N3O2/c1-2-3-4-5-6-7-8-9-10-11-12-13-14-15-16-17-18-19-20-21-22-23-29-32-25-27-33(29,26-24-31)28-30(34)35/h15-16,25,27H,2-14,17-24,26,28,31H2,1H3/p+1/b16-15+. The van der Waals surface area contributed by atoms with E-state index in [1.54, 1.807) is 6.20 Å². The SMILES string of the molecule is CCCCCCCCCCCCCC/C=C/CCCCCCCC1=NC=C[N+]1(CCN)CC(=O)O. The van der Waals surface area contributed by atoms with Crippen LogP contribution in [-0.2, 0) is 4.79 Å². The lowest BCUT2D eigenvalue weighted by molar-refractivity contribution is -0.778. The monoisotopic (exact) mass is 490 g/mol. The predicted molar refractivity (Wildman–Crippen MR) is 150 cm³/mol. The smallest absolute Gasteiger partial charge is 0.360 e. The molecule has 5 heteroatoms. The average Bonchev–Trinajstić information content (AvgIpc) is 3.21. The molecule has 0 radical (unpaired) electrons. The zero-order valence-corrected chi connectivity index (χ0v) is 22.9. The average molecular weight is 491 g/mol. The Kier molecular flexibility index (Phi) is 19.7. The second-order valence-electron chi connectivity index (χ2n) is 10.4. The van der Waals surface area contributed by atoms with Gasteiger partial charge < -0.3 is 10.8 Å². The number of quaternary nitrogens is 1. The fourth-order valence-electron chi connectivity index (χ4n) is 5.05. The molecule has 5 nitrogen and oxygen atoms in total. The molecule has 1 aliphatic heterocycles. The zero-order chi connectivity index (χ0) is 25.5. The second-order valence-corrected chi connectivity index (χ2v) is 10.4. The van der Waals surface area contributed by atoms with Gasteiger partial charge in [-0.15, -0.1) is 0 Å². The molecule has 0 saturated carbocycles. The van der Waals surface area contributed by atoms with Crippen LogP contribution in [0.4, 0.5) is 0 Å². The van der Waals surface area contributed by atoms with Gasteiger partial charge in [0.2, 0.25) is 5.84 Å². The lowest BCUT2D eigenvalue weighted by Gasteiger charge is -2.30. The molecule has 3 N–H and O–H groups in total. The minimum atomic E-state index is -0.801. The van der Waals surface area contributed by atoms with E-state index >= 15 is 0 Å². The fraction of sp³-hybridized carbons (Fsp3) is 0.800. The summed E-state index contributed by atoms with van der Waals surface area (Å²) in [4.78, 5) is 15.8. The molecule has 0 amide bonds. The van der Waals surface area contributed by atoms with E-state index < -0.39 is 5.97 Å². The van der Waals surface area contributed by atoms with E-state index in [1.165, 1.54) is 116 Å². The summed E-state index contributed by atoms with van der Waals surface area (Å²) < 4.78 is 0.301. The molecule has 0 aromatic carbocycles. The fourth-order valence-corrected chi connectivity index (χ4v) is 5.05. The van der Waals surface area contributed by atoms with Crippen LogP contribution in [0.15, 0.2) is 29.5 Å². The topological polar surface area (TPSA) is 75.7 Å². The van der Waals surface area contributed by atoms with Crippen molar-refractivity contribution in [3.8, 4) is 0 Å². The van der Waals surface area contributed by atoms with Crippen molar-refractivity contribution < 1.29 is 14.4 Å². The Morgan fingerprint density at radius 1 is 0.829 bits per heavy atom. The molecule has 0 bridgehead atoms. The number of nitrogens with zero attached hydrogens (tertiary/aromatic N) is 2. The lowest BCUT2D eigenvalue weighted by Crippen LogP contribution is -2.52. The first-order valence-corrected chi connectivity index (χ1v) is 14.8. The van der Waals surface area contributed by atoms with E-state index in [4.69, 9.17) is 5.73 Å². The van der Waals surface area contributed by atoms with Crippen LogP contribution >= 0.6 is 0 Å². The van der Waals surface area contributed by atoms with E-state index in [-0.39, 0.29) is 6.54 Å². The van der Waals surface area contributed by atoms with E-state index in [0.717, 1.165) is 18.7 Å². The predicted octanol–water partition coefficient (Wildman–Crippen LogP) is 8.11. The number of hydrogen-bond donors (Lipinski definition) is 2. The number of hydrogen-bond acceptors (Lipinski definition) is 3. The van der Waals surface area contributed by atoms with Gasteiger partial charge in [-0.2, -0.15) is 0 Å². The number of carboxylic acids is 1. The van der Waals surface area contributed by atoms with Crippen LogP contribution in [-0.4, -0.2) is 41.0 Å². The minimum Gasteiger partial charge on any atom is -0.477 e. The third-order valence-corrected chi connectivity index (χ3v) is 7.20. The highest BCUT2D eigenvalue weighted by Crippen LogP contribution is 2.21. The molecular weight excluding hydrogens is 434 g/mol. The van der Waals surface area contributed by atoms with Crippen LogP contribution in [0.1, 0.15) is 135 Å². The van der Waals surface area contributed by atoms with Gasteiger partial charge in [0.1, 0.15) is 12.7 Å². The molecular formula is C30H56N3O2+. The first-order valence-electron chi connectivity index (χ1n) is 14.8. The number of allylic oxidation sites excluding steroid dienone is 2. The first-order chi connectivity index (χ1) is 17.1. The molecule has 0 fully saturated rings. The Balaban J connectivity index is 1.90. The molecule has 0 saturated heterocycles. The summed E-state index contributed by atoms with van der Waals surface area (Å²) in [6, 6.07) is 0. The summed E-state index contributed by atoms with van der Waals surface area (Å²) in [7, 11) is 0. The molecule has 1 rings (SSSR count). The van der Waals surface area contributed by atoms with Gasteiger partial charge >= 0.3 is 5.97 Å². The maximum Gasteiger partial charge on any atom is 0.360 e. The number of amidine groups is 1. The molecule has 1 heterocycles. The Bertz CT molecular complexity index is 615. The van der Waals surface area contributed by atoms with E-state index in [1.807, 2.05) is 6.20 Å².